The van der Waals surface area contributed by atoms with Crippen molar-refractivity contribution in [1.29, 1.82) is 0 Å². The Morgan fingerprint density at radius 2 is 1.39 bits per heavy atom. The highest BCUT2D eigenvalue weighted by Crippen LogP contribution is 2.35. The first kappa shape index (κ1) is 21.3. The van der Waals surface area contributed by atoms with E-state index in [-0.39, 0.29) is 5.91 Å². The Morgan fingerprint density at radius 3 is 2.09 bits per heavy atom. The molecule has 0 aromatic heterocycles. The first-order valence-electron chi connectivity index (χ1n) is 11.8. The normalized spacial score (nSPS) is 12.7. The first-order chi connectivity index (χ1) is 16.2. The zero-order valence-corrected chi connectivity index (χ0v) is 19.2. The summed E-state index contributed by atoms with van der Waals surface area (Å²) < 4.78 is 0. The minimum Gasteiger partial charge on any atom is -0.345 e. The van der Waals surface area contributed by atoms with E-state index < -0.39 is 0 Å². The number of carbonyl (C=O) groups excluding carboxylic acids is 1. The van der Waals surface area contributed by atoms with E-state index in [9.17, 15) is 4.79 Å². The molecule has 0 saturated heterocycles. The van der Waals surface area contributed by atoms with E-state index in [0.29, 0.717) is 6.42 Å². The van der Waals surface area contributed by atoms with Crippen molar-refractivity contribution in [2.24, 2.45) is 0 Å². The predicted molar refractivity (Wildman–Crippen MR) is 137 cm³/mol. The lowest BCUT2D eigenvalue weighted by molar-refractivity contribution is -0.129. The molecule has 4 aromatic carbocycles. The van der Waals surface area contributed by atoms with E-state index in [1.165, 1.54) is 33.3 Å². The predicted octanol–water partition coefficient (Wildman–Crippen LogP) is 6.17. The lowest BCUT2D eigenvalue weighted by Gasteiger charge is -2.28. The van der Waals surface area contributed by atoms with E-state index >= 15 is 0 Å². The molecule has 0 fully saturated rings. The molecule has 0 atom stereocenters. The maximum absolute atomic E-state index is 12.9. The number of hydrogen-bond donors (Lipinski definition) is 0. The molecule has 4 aromatic rings. The van der Waals surface area contributed by atoms with Crippen LogP contribution in [0.2, 0.25) is 0 Å². The van der Waals surface area contributed by atoms with Crippen LogP contribution in [0.3, 0.4) is 0 Å². The fourth-order valence-electron chi connectivity index (χ4n) is 4.86. The Labute approximate surface area is 196 Å². The van der Waals surface area contributed by atoms with Crippen LogP contribution in [0.15, 0.2) is 91.0 Å². The van der Waals surface area contributed by atoms with Gasteiger partial charge in [0.2, 0.25) is 5.91 Å². The number of benzene rings is 4. The minimum absolute atomic E-state index is 0.168. The molecular formula is C30H30N2O. The number of anilines is 2. The van der Waals surface area contributed by atoms with E-state index in [2.05, 4.69) is 83.8 Å². The largest absolute Gasteiger partial charge is 0.345 e. The van der Waals surface area contributed by atoms with Gasteiger partial charge >= 0.3 is 0 Å². The average molecular weight is 435 g/mol. The summed E-state index contributed by atoms with van der Waals surface area (Å²) in [7, 11) is 1.92. The molecular weight excluding hydrogens is 404 g/mol. The molecule has 0 unspecified atom stereocenters. The number of nitrogens with zero attached hydrogens (tertiary/aromatic N) is 2. The number of fused-ring (bicyclic) bond motifs is 3. The van der Waals surface area contributed by atoms with Crippen LogP contribution in [0.25, 0.3) is 10.8 Å². The van der Waals surface area contributed by atoms with Crippen molar-refractivity contribution in [3.05, 3.63) is 108 Å². The number of carbonyl (C=O) groups is 1. The Kier molecular flexibility index (Phi) is 6.12. The number of rotatable bonds is 6. The number of likely N-dealkylation sites (N-methyl/N-ethyl adjacent to an activating group) is 1. The van der Waals surface area contributed by atoms with Crippen molar-refractivity contribution in [1.82, 2.24) is 4.90 Å². The maximum Gasteiger partial charge on any atom is 0.226 e. The average Bonchev–Trinajstić information content (AvgIpc) is 3.01. The summed E-state index contributed by atoms with van der Waals surface area (Å²) in [6.45, 7) is 1.63. The topological polar surface area (TPSA) is 23.6 Å². The Morgan fingerprint density at radius 1 is 0.788 bits per heavy atom. The lowest BCUT2D eigenvalue weighted by atomic mass is 10.0. The van der Waals surface area contributed by atoms with Crippen LogP contribution >= 0.6 is 0 Å². The van der Waals surface area contributed by atoms with E-state index in [4.69, 9.17) is 0 Å². The molecule has 1 heterocycles. The summed E-state index contributed by atoms with van der Waals surface area (Å²) in [6, 6.07) is 32.0. The van der Waals surface area contributed by atoms with Gasteiger partial charge in [-0.25, -0.2) is 0 Å². The van der Waals surface area contributed by atoms with Gasteiger partial charge in [-0.15, -0.1) is 0 Å². The van der Waals surface area contributed by atoms with Gasteiger partial charge in [0.05, 0.1) is 6.42 Å². The molecule has 33 heavy (non-hydrogen) atoms. The van der Waals surface area contributed by atoms with Crippen molar-refractivity contribution in [3.63, 3.8) is 0 Å². The van der Waals surface area contributed by atoms with Crippen LogP contribution in [-0.4, -0.2) is 30.9 Å². The highest BCUT2D eigenvalue weighted by molar-refractivity contribution is 5.85. The standard InChI is InChI=1S/C30H30N2O/c1-31(30(33)22-23-15-16-24-9-2-3-12-27(24)21-23)19-8-20-32-28-13-6-4-10-25(28)17-18-26-11-5-7-14-29(26)32/h2-7,9-16,21H,8,17-20,22H2,1H3. The molecule has 1 amide bonds. The highest BCUT2D eigenvalue weighted by atomic mass is 16.2. The third kappa shape index (κ3) is 4.63. The Bertz CT molecular complexity index is 1230. The van der Waals surface area contributed by atoms with E-state index in [1.54, 1.807) is 0 Å². The maximum atomic E-state index is 12.9. The molecule has 1 aliphatic heterocycles. The van der Waals surface area contributed by atoms with Crippen molar-refractivity contribution < 1.29 is 4.79 Å². The van der Waals surface area contributed by atoms with Crippen LogP contribution in [0, 0.1) is 0 Å². The third-order valence-corrected chi connectivity index (χ3v) is 6.70. The fourth-order valence-corrected chi connectivity index (χ4v) is 4.86. The van der Waals surface area contributed by atoms with Crippen molar-refractivity contribution in [3.8, 4) is 0 Å². The van der Waals surface area contributed by atoms with E-state index in [0.717, 1.165) is 37.9 Å². The summed E-state index contributed by atoms with van der Waals surface area (Å²) in [4.78, 5) is 17.2. The molecule has 0 spiro atoms. The molecule has 0 radical (unpaired) electrons. The van der Waals surface area contributed by atoms with Gasteiger partial charge in [-0.3, -0.25) is 4.79 Å². The van der Waals surface area contributed by atoms with Gasteiger partial charge in [0, 0.05) is 31.5 Å². The summed E-state index contributed by atoms with van der Waals surface area (Å²) in [5, 5.41) is 2.39. The molecule has 0 saturated carbocycles. The SMILES string of the molecule is CN(CCCN1c2ccccc2CCc2ccccc21)C(=O)Cc1ccc2ccccc2c1. The van der Waals surface area contributed by atoms with Crippen molar-refractivity contribution in [2.75, 3.05) is 25.0 Å². The molecule has 0 bridgehead atoms. The van der Waals surface area contributed by atoms with Gasteiger partial charge < -0.3 is 9.80 Å². The zero-order chi connectivity index (χ0) is 22.6. The highest BCUT2D eigenvalue weighted by Gasteiger charge is 2.20. The molecule has 3 nitrogen and oxygen atoms in total. The summed E-state index contributed by atoms with van der Waals surface area (Å²) in [6.07, 6.45) is 3.49. The van der Waals surface area contributed by atoms with Crippen LogP contribution in [0.4, 0.5) is 11.4 Å². The van der Waals surface area contributed by atoms with Gasteiger partial charge in [0.1, 0.15) is 0 Å². The van der Waals surface area contributed by atoms with E-state index in [1.807, 2.05) is 24.1 Å². The second-order valence-corrected chi connectivity index (χ2v) is 8.94. The molecule has 1 aliphatic rings. The van der Waals surface area contributed by atoms with Crippen molar-refractivity contribution in [2.45, 2.75) is 25.7 Å². The van der Waals surface area contributed by atoms with Gasteiger partial charge in [-0.1, -0.05) is 78.9 Å². The van der Waals surface area contributed by atoms with Crippen molar-refractivity contribution >= 4 is 28.1 Å². The Balaban J connectivity index is 1.25. The third-order valence-electron chi connectivity index (χ3n) is 6.70. The monoisotopic (exact) mass is 434 g/mol. The number of amides is 1. The van der Waals surface area contributed by atoms with Gasteiger partial charge in [0.15, 0.2) is 0 Å². The van der Waals surface area contributed by atoms with Gasteiger partial charge in [-0.2, -0.15) is 0 Å². The molecule has 5 rings (SSSR count). The smallest absolute Gasteiger partial charge is 0.226 e. The van der Waals surface area contributed by atoms with Gasteiger partial charge in [-0.05, 0) is 58.9 Å². The quantitative estimate of drug-likeness (QED) is 0.362. The Hall–Kier alpha value is -3.59. The lowest BCUT2D eigenvalue weighted by Crippen LogP contribution is -2.31. The first-order valence-corrected chi connectivity index (χ1v) is 11.8. The summed E-state index contributed by atoms with van der Waals surface area (Å²) in [5.74, 6) is 0.168. The zero-order valence-electron chi connectivity index (χ0n) is 19.2. The van der Waals surface area contributed by atoms with Crippen LogP contribution in [-0.2, 0) is 24.1 Å². The second kappa shape index (κ2) is 9.50. The molecule has 166 valence electrons. The number of aryl methyl sites for hydroxylation is 2. The van der Waals surface area contributed by atoms with Crippen LogP contribution < -0.4 is 4.90 Å². The summed E-state index contributed by atoms with van der Waals surface area (Å²) >= 11 is 0. The molecule has 0 N–H and O–H groups in total. The number of para-hydroxylation sites is 2. The summed E-state index contributed by atoms with van der Waals surface area (Å²) in [5.41, 5.74) is 6.46. The van der Waals surface area contributed by atoms with Gasteiger partial charge in [0.25, 0.3) is 0 Å². The van der Waals surface area contributed by atoms with Crippen LogP contribution in [0.1, 0.15) is 23.1 Å². The molecule has 0 aliphatic carbocycles. The number of hydrogen-bond acceptors (Lipinski definition) is 2. The molecule has 3 heteroatoms. The fraction of sp³-hybridized carbons (Fsp3) is 0.233. The second-order valence-electron chi connectivity index (χ2n) is 8.94. The minimum atomic E-state index is 0.168. The van der Waals surface area contributed by atoms with Crippen LogP contribution in [0.5, 0.6) is 0 Å².